The van der Waals surface area contributed by atoms with Crippen molar-refractivity contribution in [2.45, 2.75) is 5.41 Å². The lowest BCUT2D eigenvalue weighted by Crippen LogP contribution is -2.25. The molecule has 4 aromatic heterocycles. The van der Waals surface area contributed by atoms with Crippen molar-refractivity contribution in [1.82, 2.24) is 24.3 Å². The average molecular weight is 830 g/mol. The number of nitrogens with zero attached hydrogens (tertiary/aromatic N) is 5. The molecule has 4 heterocycles. The summed E-state index contributed by atoms with van der Waals surface area (Å²) in [4.78, 5) is 21.1. The Balaban J connectivity index is 0.986. The van der Waals surface area contributed by atoms with Crippen molar-refractivity contribution < 1.29 is 4.42 Å². The molecule has 1 spiro atoms. The third kappa shape index (κ3) is 5.16. The minimum Gasteiger partial charge on any atom is -0.456 e. The molecule has 0 saturated carbocycles. The lowest BCUT2D eigenvalue weighted by Gasteiger charge is -2.30. The van der Waals surface area contributed by atoms with Gasteiger partial charge in [0.15, 0.2) is 17.5 Å². The fourth-order valence-corrected chi connectivity index (χ4v) is 10.7. The number of pyridine rings is 1. The highest BCUT2D eigenvalue weighted by Gasteiger charge is 2.51. The molecule has 0 unspecified atom stereocenters. The van der Waals surface area contributed by atoms with Crippen LogP contribution >= 0.6 is 0 Å². The third-order valence-corrected chi connectivity index (χ3v) is 13.5. The van der Waals surface area contributed by atoms with Crippen LogP contribution in [0, 0.1) is 0 Å². The molecule has 65 heavy (non-hydrogen) atoms. The van der Waals surface area contributed by atoms with Crippen LogP contribution in [0.1, 0.15) is 22.3 Å². The monoisotopic (exact) mass is 829 g/mol. The molecule has 8 aromatic carbocycles. The summed E-state index contributed by atoms with van der Waals surface area (Å²) in [6, 6.07) is 72.8. The Bertz CT molecular complexity index is 3860. The summed E-state index contributed by atoms with van der Waals surface area (Å²) in [6.07, 6.45) is 2.07. The zero-order chi connectivity index (χ0) is 42.6. The van der Waals surface area contributed by atoms with Crippen molar-refractivity contribution in [1.29, 1.82) is 0 Å². The number of para-hydroxylation sites is 1. The summed E-state index contributed by atoms with van der Waals surface area (Å²) in [7, 11) is 0. The van der Waals surface area contributed by atoms with Crippen molar-refractivity contribution in [2.75, 3.05) is 0 Å². The molecule has 302 valence electrons. The minimum atomic E-state index is -0.501. The molecule has 0 fully saturated rings. The molecule has 0 atom stereocenters. The van der Waals surface area contributed by atoms with Crippen molar-refractivity contribution in [3.8, 4) is 78.9 Å². The SMILES string of the molecule is c1ccc(-c2c(-c3cccc(-c4nc(-c5ccc6c(c5)C5(c7ccccc7-c7ccccc75)c5ccccc5-6)nc(-c5ccc6c(c5)oc5ccccc56)n4)c3)nc3ccccn23)cc1. The van der Waals surface area contributed by atoms with Gasteiger partial charge < -0.3 is 4.42 Å². The first-order valence-corrected chi connectivity index (χ1v) is 22.0. The van der Waals surface area contributed by atoms with E-state index in [1.807, 2.05) is 42.5 Å². The number of aromatic nitrogens is 5. The van der Waals surface area contributed by atoms with Crippen LogP contribution in [0.3, 0.4) is 0 Å². The van der Waals surface area contributed by atoms with Gasteiger partial charge in [-0.1, -0.05) is 164 Å². The second-order valence-corrected chi connectivity index (χ2v) is 16.9. The van der Waals surface area contributed by atoms with Gasteiger partial charge in [0.2, 0.25) is 0 Å². The highest BCUT2D eigenvalue weighted by atomic mass is 16.3. The Morgan fingerprint density at radius 1 is 0.354 bits per heavy atom. The van der Waals surface area contributed by atoms with E-state index in [-0.39, 0.29) is 0 Å². The highest BCUT2D eigenvalue weighted by Crippen LogP contribution is 2.63. The molecule has 6 nitrogen and oxygen atoms in total. The van der Waals surface area contributed by atoms with Crippen LogP contribution in [0.5, 0.6) is 0 Å². The Hall–Kier alpha value is -8.74. The van der Waals surface area contributed by atoms with E-state index in [4.69, 9.17) is 24.4 Å². The van der Waals surface area contributed by atoms with Crippen LogP contribution < -0.4 is 0 Å². The maximum absolute atomic E-state index is 6.39. The van der Waals surface area contributed by atoms with E-state index in [2.05, 4.69) is 174 Å². The molecule has 12 aromatic rings. The van der Waals surface area contributed by atoms with E-state index >= 15 is 0 Å². The van der Waals surface area contributed by atoms with Gasteiger partial charge in [0.1, 0.15) is 16.8 Å². The normalized spacial score (nSPS) is 13.0. The van der Waals surface area contributed by atoms with Crippen molar-refractivity contribution in [3.05, 3.63) is 235 Å². The largest absolute Gasteiger partial charge is 0.456 e. The summed E-state index contributed by atoms with van der Waals surface area (Å²) in [5.41, 5.74) is 18.7. The van der Waals surface area contributed by atoms with E-state index in [1.165, 1.54) is 44.5 Å². The Morgan fingerprint density at radius 3 is 1.62 bits per heavy atom. The number of hydrogen-bond acceptors (Lipinski definition) is 5. The van der Waals surface area contributed by atoms with Gasteiger partial charge in [-0.25, -0.2) is 19.9 Å². The molecular weight excluding hydrogens is 795 g/mol. The molecule has 0 aliphatic heterocycles. The molecule has 2 aliphatic carbocycles. The first kappa shape index (κ1) is 35.8. The standard InChI is InChI=1S/C59H35N5O/c1-2-15-36(16-3-1)55-54(60-53-27-12-13-32-64(53)55)37-17-14-18-38(33-37)56-61-57(63-58(62-56)40-29-31-46-45-22-7-11-26-51(45)65-52(46)35-40)39-28-30-44-43-21-6-10-25-49(43)59(50(44)34-39)47-23-8-4-19-41(47)42-20-5-9-24-48(42)59/h1-35H. The van der Waals surface area contributed by atoms with Crippen molar-refractivity contribution in [2.24, 2.45) is 0 Å². The van der Waals surface area contributed by atoms with Crippen LogP contribution in [0.15, 0.2) is 217 Å². The van der Waals surface area contributed by atoms with Crippen LogP contribution in [0.2, 0.25) is 0 Å². The molecule has 0 N–H and O–H groups in total. The molecule has 0 bridgehead atoms. The summed E-state index contributed by atoms with van der Waals surface area (Å²) in [6.45, 7) is 0. The van der Waals surface area contributed by atoms with Crippen LogP contribution in [0.4, 0.5) is 0 Å². The summed E-state index contributed by atoms with van der Waals surface area (Å²) in [5.74, 6) is 1.72. The average Bonchev–Trinajstić information content (AvgIpc) is 4.12. The smallest absolute Gasteiger partial charge is 0.164 e. The van der Waals surface area contributed by atoms with E-state index in [9.17, 15) is 0 Å². The molecule has 0 amide bonds. The highest BCUT2D eigenvalue weighted by molar-refractivity contribution is 6.06. The van der Waals surface area contributed by atoms with Gasteiger partial charge in [0.05, 0.1) is 16.8 Å². The predicted molar refractivity (Wildman–Crippen MR) is 259 cm³/mol. The maximum atomic E-state index is 6.39. The van der Waals surface area contributed by atoms with Crippen molar-refractivity contribution >= 4 is 27.6 Å². The van der Waals surface area contributed by atoms with Gasteiger partial charge in [-0.15, -0.1) is 0 Å². The van der Waals surface area contributed by atoms with Gasteiger partial charge in [0.25, 0.3) is 0 Å². The number of rotatable bonds is 5. The third-order valence-electron chi connectivity index (χ3n) is 13.5. The van der Waals surface area contributed by atoms with Gasteiger partial charge in [-0.2, -0.15) is 0 Å². The number of furan rings is 1. The maximum Gasteiger partial charge on any atom is 0.164 e. The first-order chi connectivity index (χ1) is 32.2. The predicted octanol–water partition coefficient (Wildman–Crippen LogP) is 14.1. The number of fused-ring (bicyclic) bond motifs is 14. The van der Waals surface area contributed by atoms with Crippen molar-refractivity contribution in [3.63, 3.8) is 0 Å². The van der Waals surface area contributed by atoms with Gasteiger partial charge >= 0.3 is 0 Å². The Kier molecular flexibility index (Phi) is 7.51. The van der Waals surface area contributed by atoms with Crippen LogP contribution in [-0.4, -0.2) is 24.3 Å². The van der Waals surface area contributed by atoms with Gasteiger partial charge in [-0.3, -0.25) is 4.40 Å². The van der Waals surface area contributed by atoms with Gasteiger partial charge in [0, 0.05) is 44.8 Å². The van der Waals surface area contributed by atoms with Crippen LogP contribution in [-0.2, 0) is 5.41 Å². The zero-order valence-corrected chi connectivity index (χ0v) is 34.9. The Morgan fingerprint density at radius 2 is 0.892 bits per heavy atom. The molecule has 6 heteroatoms. The number of imidazole rings is 1. The minimum absolute atomic E-state index is 0.501. The molecule has 2 aliphatic rings. The Labute approximate surface area is 373 Å². The van der Waals surface area contributed by atoms with E-state index < -0.39 is 5.41 Å². The zero-order valence-electron chi connectivity index (χ0n) is 34.9. The number of benzene rings is 8. The summed E-state index contributed by atoms with van der Waals surface area (Å²) in [5, 5.41) is 2.13. The first-order valence-electron chi connectivity index (χ1n) is 22.0. The lowest BCUT2D eigenvalue weighted by atomic mass is 9.70. The molecule has 0 saturated heterocycles. The second kappa shape index (κ2) is 13.6. The summed E-state index contributed by atoms with van der Waals surface area (Å²) >= 11 is 0. The molecule has 14 rings (SSSR count). The number of hydrogen-bond donors (Lipinski definition) is 0. The fraction of sp³-hybridized carbons (Fsp3) is 0.0169. The quantitative estimate of drug-likeness (QED) is 0.173. The lowest BCUT2D eigenvalue weighted by molar-refractivity contribution is 0.669. The van der Waals surface area contributed by atoms with E-state index in [0.717, 1.165) is 66.8 Å². The molecular formula is C59H35N5O. The second-order valence-electron chi connectivity index (χ2n) is 16.9. The topological polar surface area (TPSA) is 69.1 Å². The summed E-state index contributed by atoms with van der Waals surface area (Å²) < 4.78 is 8.55. The molecule has 0 radical (unpaired) electrons. The van der Waals surface area contributed by atoms with Gasteiger partial charge in [-0.05, 0) is 87.0 Å². The van der Waals surface area contributed by atoms with E-state index in [1.54, 1.807) is 0 Å². The van der Waals surface area contributed by atoms with E-state index in [0.29, 0.717) is 17.5 Å². The fourth-order valence-electron chi connectivity index (χ4n) is 10.7. The van der Waals surface area contributed by atoms with Crippen LogP contribution in [0.25, 0.3) is 107 Å².